The molecule has 0 fully saturated rings. The van der Waals surface area contributed by atoms with Crippen LogP contribution in [0.1, 0.15) is 28.9 Å². The summed E-state index contributed by atoms with van der Waals surface area (Å²) in [5.74, 6) is -0.159. The molecular weight excluding hydrogens is 195 g/mol. The third-order valence-electron chi connectivity index (χ3n) is 2.85. The molecule has 0 saturated carbocycles. The molecule has 1 atom stereocenters. The van der Waals surface area contributed by atoms with Crippen LogP contribution in [-0.4, -0.2) is 24.0 Å². The number of halogens is 1. The van der Waals surface area contributed by atoms with Gasteiger partial charge in [-0.05, 0) is 18.6 Å². The van der Waals surface area contributed by atoms with Gasteiger partial charge in [0, 0.05) is 12.2 Å². The van der Waals surface area contributed by atoms with Crippen LogP contribution in [0.15, 0.2) is 18.2 Å². The molecule has 1 heterocycles. The van der Waals surface area contributed by atoms with Crippen LogP contribution in [0.25, 0.3) is 0 Å². The van der Waals surface area contributed by atoms with E-state index in [1.165, 1.54) is 4.90 Å². The van der Waals surface area contributed by atoms with Gasteiger partial charge in [-0.1, -0.05) is 12.1 Å². The van der Waals surface area contributed by atoms with E-state index in [2.05, 4.69) is 0 Å². The van der Waals surface area contributed by atoms with Crippen LogP contribution in [0, 0.1) is 0 Å². The first-order valence-electron chi connectivity index (χ1n) is 4.92. The third-order valence-corrected chi connectivity index (χ3v) is 2.85. The Balaban J connectivity index is 2.46. The number of hydrogen-bond donors (Lipinski definition) is 1. The summed E-state index contributed by atoms with van der Waals surface area (Å²) < 4.78 is 12.3. The Bertz CT molecular complexity index is 406. The number of anilines is 1. The lowest BCUT2D eigenvalue weighted by Crippen LogP contribution is -2.28. The molecule has 1 aliphatic rings. The molecule has 3 nitrogen and oxygen atoms in total. The fraction of sp³-hybridized carbons (Fsp3) is 0.364. The molecule has 0 aromatic heterocycles. The minimum Gasteiger partial charge on any atom is -0.398 e. The highest BCUT2D eigenvalue weighted by Crippen LogP contribution is 2.35. The van der Waals surface area contributed by atoms with Crippen molar-refractivity contribution in [3.8, 4) is 0 Å². The molecule has 4 heteroatoms. The summed E-state index contributed by atoms with van der Waals surface area (Å²) >= 11 is 0. The van der Waals surface area contributed by atoms with Gasteiger partial charge < -0.3 is 10.6 Å². The zero-order chi connectivity index (χ0) is 11.0. The Labute approximate surface area is 87.7 Å². The monoisotopic (exact) mass is 208 g/mol. The molecular formula is C11H13FN2O. The van der Waals surface area contributed by atoms with E-state index in [-0.39, 0.29) is 18.5 Å². The molecule has 1 amide bonds. The van der Waals surface area contributed by atoms with E-state index in [0.29, 0.717) is 11.3 Å². The lowest BCUT2D eigenvalue weighted by atomic mass is 10.0. The van der Waals surface area contributed by atoms with E-state index in [0.717, 1.165) is 5.56 Å². The Morgan fingerprint density at radius 1 is 1.53 bits per heavy atom. The summed E-state index contributed by atoms with van der Waals surface area (Å²) in [7, 11) is 0. The Morgan fingerprint density at radius 3 is 2.87 bits per heavy atom. The average molecular weight is 208 g/mol. The van der Waals surface area contributed by atoms with Gasteiger partial charge in [-0.3, -0.25) is 4.79 Å². The van der Waals surface area contributed by atoms with Crippen LogP contribution in [0.2, 0.25) is 0 Å². The summed E-state index contributed by atoms with van der Waals surface area (Å²) in [6, 6.07) is 5.30. The number of benzene rings is 1. The fourth-order valence-electron chi connectivity index (χ4n) is 2.06. The lowest BCUT2D eigenvalue weighted by Gasteiger charge is -2.19. The van der Waals surface area contributed by atoms with Crippen LogP contribution in [-0.2, 0) is 0 Å². The molecule has 1 aromatic carbocycles. The summed E-state index contributed by atoms with van der Waals surface area (Å²) in [4.78, 5) is 13.4. The van der Waals surface area contributed by atoms with Crippen LogP contribution in [0.5, 0.6) is 0 Å². The minimum absolute atomic E-state index is 0.0771. The van der Waals surface area contributed by atoms with Crippen molar-refractivity contribution in [1.82, 2.24) is 4.90 Å². The van der Waals surface area contributed by atoms with Gasteiger partial charge in [-0.2, -0.15) is 0 Å². The van der Waals surface area contributed by atoms with E-state index >= 15 is 0 Å². The number of carbonyl (C=O) groups is 1. The average Bonchev–Trinajstić information content (AvgIpc) is 2.45. The normalized spacial score (nSPS) is 19.5. The first kappa shape index (κ1) is 9.96. The number of fused-ring (bicyclic) bond motifs is 1. The van der Waals surface area contributed by atoms with E-state index in [9.17, 15) is 9.18 Å². The van der Waals surface area contributed by atoms with Crippen LogP contribution in [0.4, 0.5) is 10.1 Å². The van der Waals surface area contributed by atoms with E-state index in [1.54, 1.807) is 6.07 Å². The predicted octanol–water partition coefficient (Wildman–Crippen LogP) is 1.76. The van der Waals surface area contributed by atoms with E-state index in [1.807, 2.05) is 19.1 Å². The van der Waals surface area contributed by atoms with Gasteiger partial charge in [0.2, 0.25) is 0 Å². The second-order valence-corrected chi connectivity index (χ2v) is 3.67. The van der Waals surface area contributed by atoms with Crippen LogP contribution < -0.4 is 5.73 Å². The third kappa shape index (κ3) is 1.37. The second-order valence-electron chi connectivity index (χ2n) is 3.67. The molecule has 2 N–H and O–H groups in total. The molecule has 2 rings (SSSR count). The summed E-state index contributed by atoms with van der Waals surface area (Å²) in [5.41, 5.74) is 7.66. The number of amides is 1. The number of nitrogens with zero attached hydrogens (tertiary/aromatic N) is 1. The van der Waals surface area contributed by atoms with Crippen molar-refractivity contribution in [2.75, 3.05) is 19.0 Å². The molecule has 1 aliphatic heterocycles. The molecule has 15 heavy (non-hydrogen) atoms. The summed E-state index contributed by atoms with van der Waals surface area (Å²) in [6.45, 7) is 1.50. The first-order valence-corrected chi connectivity index (χ1v) is 4.92. The Kier molecular flexibility index (Phi) is 2.34. The minimum atomic E-state index is -0.524. The smallest absolute Gasteiger partial charge is 0.256 e. The number of nitrogens with two attached hydrogens (primary N) is 1. The van der Waals surface area contributed by atoms with Crippen molar-refractivity contribution >= 4 is 11.6 Å². The Morgan fingerprint density at radius 2 is 2.27 bits per heavy atom. The van der Waals surface area contributed by atoms with Crippen LogP contribution >= 0.6 is 0 Å². The quantitative estimate of drug-likeness (QED) is 0.753. The summed E-state index contributed by atoms with van der Waals surface area (Å²) in [5, 5.41) is 0. The van der Waals surface area contributed by atoms with Crippen molar-refractivity contribution in [2.24, 2.45) is 0 Å². The van der Waals surface area contributed by atoms with Gasteiger partial charge in [0.25, 0.3) is 5.91 Å². The number of carbonyl (C=O) groups excluding carboxylic acids is 1. The van der Waals surface area contributed by atoms with Gasteiger partial charge in [0.1, 0.15) is 6.67 Å². The molecule has 0 bridgehead atoms. The van der Waals surface area contributed by atoms with Gasteiger partial charge >= 0.3 is 0 Å². The second kappa shape index (κ2) is 3.53. The summed E-state index contributed by atoms with van der Waals surface area (Å²) in [6.07, 6.45) is 0. The molecule has 0 radical (unpaired) electrons. The van der Waals surface area contributed by atoms with E-state index < -0.39 is 6.67 Å². The van der Waals surface area contributed by atoms with Gasteiger partial charge in [-0.25, -0.2) is 4.39 Å². The standard InChI is InChI=1S/C11H13FN2O/c1-7-8-3-2-4-9(13)10(8)11(15)14(7)6-5-12/h2-4,7H,5-6,13H2,1H3. The SMILES string of the molecule is CC1c2cccc(N)c2C(=O)N1CCF. The maximum absolute atomic E-state index is 12.3. The molecule has 0 aliphatic carbocycles. The molecule has 1 aromatic rings. The number of nitrogen functional groups attached to an aromatic ring is 1. The topological polar surface area (TPSA) is 46.3 Å². The van der Waals surface area contributed by atoms with Crippen molar-refractivity contribution in [3.05, 3.63) is 29.3 Å². The number of rotatable bonds is 2. The maximum atomic E-state index is 12.3. The van der Waals surface area contributed by atoms with Gasteiger partial charge in [0.15, 0.2) is 0 Å². The Hall–Kier alpha value is -1.58. The van der Waals surface area contributed by atoms with Crippen molar-refractivity contribution in [2.45, 2.75) is 13.0 Å². The van der Waals surface area contributed by atoms with E-state index in [4.69, 9.17) is 5.73 Å². The van der Waals surface area contributed by atoms with Crippen molar-refractivity contribution in [1.29, 1.82) is 0 Å². The molecule has 80 valence electrons. The highest BCUT2D eigenvalue weighted by molar-refractivity contribution is 6.03. The van der Waals surface area contributed by atoms with Crippen molar-refractivity contribution in [3.63, 3.8) is 0 Å². The first-order chi connectivity index (χ1) is 7.16. The maximum Gasteiger partial charge on any atom is 0.256 e. The fourth-order valence-corrected chi connectivity index (χ4v) is 2.06. The van der Waals surface area contributed by atoms with Crippen LogP contribution in [0.3, 0.4) is 0 Å². The lowest BCUT2D eigenvalue weighted by molar-refractivity contribution is 0.0725. The number of hydrogen-bond acceptors (Lipinski definition) is 2. The van der Waals surface area contributed by atoms with Gasteiger partial charge in [0.05, 0.1) is 11.6 Å². The largest absolute Gasteiger partial charge is 0.398 e. The number of alkyl halides is 1. The zero-order valence-electron chi connectivity index (χ0n) is 8.53. The predicted molar refractivity (Wildman–Crippen MR) is 56.3 cm³/mol. The molecule has 1 unspecified atom stereocenters. The van der Waals surface area contributed by atoms with Gasteiger partial charge in [-0.15, -0.1) is 0 Å². The zero-order valence-corrected chi connectivity index (χ0v) is 8.53. The molecule has 0 saturated heterocycles. The van der Waals surface area contributed by atoms with Crippen molar-refractivity contribution < 1.29 is 9.18 Å². The highest BCUT2D eigenvalue weighted by atomic mass is 19.1. The highest BCUT2D eigenvalue weighted by Gasteiger charge is 2.34. The molecule has 0 spiro atoms.